The molecule has 0 unspecified atom stereocenters. The van der Waals surface area contributed by atoms with Crippen molar-refractivity contribution in [2.45, 2.75) is 25.8 Å². The van der Waals surface area contributed by atoms with E-state index in [1.165, 1.54) is 11.3 Å². The fourth-order valence-electron chi connectivity index (χ4n) is 1.51. The third-order valence-electron chi connectivity index (χ3n) is 2.33. The molecule has 1 aliphatic heterocycles. The highest BCUT2D eigenvalue weighted by Gasteiger charge is 2.22. The summed E-state index contributed by atoms with van der Waals surface area (Å²) in [6.07, 6.45) is 1.24. The Bertz CT molecular complexity index is 416. The van der Waals surface area contributed by atoms with Crippen molar-refractivity contribution in [3.05, 3.63) is 16.1 Å². The molecular formula is C10H12N2O3S. The second-order valence-corrected chi connectivity index (χ2v) is 4.72. The molecule has 5 nitrogen and oxygen atoms in total. The van der Waals surface area contributed by atoms with Crippen LogP contribution in [0.5, 0.6) is 0 Å². The number of rotatable bonds is 3. The smallest absolute Gasteiger partial charge is 0.357 e. The molecule has 2 rings (SSSR count). The van der Waals surface area contributed by atoms with Crippen molar-refractivity contribution in [1.82, 2.24) is 10.3 Å². The zero-order valence-electron chi connectivity index (χ0n) is 8.86. The highest BCUT2D eigenvalue weighted by molar-refractivity contribution is 7.09. The third kappa shape index (κ3) is 2.57. The van der Waals surface area contributed by atoms with Crippen molar-refractivity contribution >= 4 is 23.2 Å². The average molecular weight is 240 g/mol. The van der Waals surface area contributed by atoms with Crippen LogP contribution in [0.4, 0.5) is 0 Å². The van der Waals surface area contributed by atoms with Gasteiger partial charge in [-0.25, -0.2) is 9.78 Å². The number of esters is 1. The number of aromatic nitrogens is 1. The van der Waals surface area contributed by atoms with Crippen molar-refractivity contribution in [3.8, 4) is 0 Å². The summed E-state index contributed by atoms with van der Waals surface area (Å²) in [5, 5.41) is 5.24. The molecule has 16 heavy (non-hydrogen) atoms. The second kappa shape index (κ2) is 4.61. The monoisotopic (exact) mass is 240 g/mol. The Kier molecular flexibility index (Phi) is 3.19. The normalized spacial score (nSPS) is 19.6. The minimum Gasteiger partial charge on any atom is -0.459 e. The molecular weight excluding hydrogens is 228 g/mol. The number of thiazole rings is 1. The fourth-order valence-corrected chi connectivity index (χ4v) is 2.09. The molecule has 1 fully saturated rings. The molecule has 0 aliphatic carbocycles. The maximum absolute atomic E-state index is 11.5. The molecule has 0 radical (unpaired) electrons. The van der Waals surface area contributed by atoms with Crippen molar-refractivity contribution in [1.29, 1.82) is 0 Å². The van der Waals surface area contributed by atoms with Crippen molar-refractivity contribution < 1.29 is 14.3 Å². The van der Waals surface area contributed by atoms with Gasteiger partial charge in [0.25, 0.3) is 0 Å². The van der Waals surface area contributed by atoms with E-state index < -0.39 is 5.97 Å². The molecule has 0 spiro atoms. The first-order valence-corrected chi connectivity index (χ1v) is 5.92. The summed E-state index contributed by atoms with van der Waals surface area (Å²) in [4.78, 5) is 26.4. The lowest BCUT2D eigenvalue weighted by atomic mass is 10.2. The van der Waals surface area contributed by atoms with Crippen LogP contribution in [0.15, 0.2) is 5.38 Å². The maximum Gasteiger partial charge on any atom is 0.357 e. The Morgan fingerprint density at radius 3 is 3.12 bits per heavy atom. The summed E-state index contributed by atoms with van der Waals surface area (Å²) in [7, 11) is 0. The van der Waals surface area contributed by atoms with Crippen LogP contribution < -0.4 is 5.32 Å². The summed E-state index contributed by atoms with van der Waals surface area (Å²) in [6, 6.07) is -0.0452. The van der Waals surface area contributed by atoms with E-state index in [2.05, 4.69) is 10.3 Å². The van der Waals surface area contributed by atoms with Crippen LogP contribution in [0.1, 0.15) is 28.3 Å². The molecule has 1 aromatic rings. The molecule has 86 valence electrons. The molecule has 2 heterocycles. The summed E-state index contributed by atoms with van der Waals surface area (Å²) in [5.74, 6) is -0.406. The topological polar surface area (TPSA) is 68.3 Å². The van der Waals surface area contributed by atoms with Crippen LogP contribution in [0, 0.1) is 6.92 Å². The lowest BCUT2D eigenvalue weighted by Crippen LogP contribution is -2.30. The number of hydrogen-bond acceptors (Lipinski definition) is 5. The first kappa shape index (κ1) is 11.1. The standard InChI is InChI=1S/C10H12N2O3S/c1-6-11-8(5-16-6)10(14)15-4-7-2-3-9(13)12-7/h5,7H,2-4H2,1H3,(H,12,13)/t7-/m0/s1. The van der Waals surface area contributed by atoms with Crippen LogP contribution in [0.25, 0.3) is 0 Å². The van der Waals surface area contributed by atoms with E-state index in [1.54, 1.807) is 5.38 Å². The van der Waals surface area contributed by atoms with E-state index >= 15 is 0 Å². The SMILES string of the molecule is Cc1nc(C(=O)OC[C@@H]2CCC(=O)N2)cs1. The van der Waals surface area contributed by atoms with E-state index in [9.17, 15) is 9.59 Å². The largest absolute Gasteiger partial charge is 0.459 e. The quantitative estimate of drug-likeness (QED) is 0.797. The Hall–Kier alpha value is -1.43. The zero-order chi connectivity index (χ0) is 11.5. The highest BCUT2D eigenvalue weighted by atomic mass is 32.1. The number of nitrogens with one attached hydrogen (secondary N) is 1. The summed E-state index contributed by atoms with van der Waals surface area (Å²) in [6.45, 7) is 2.06. The fraction of sp³-hybridized carbons (Fsp3) is 0.500. The number of amides is 1. The Morgan fingerprint density at radius 1 is 1.75 bits per heavy atom. The van der Waals surface area contributed by atoms with Crippen LogP contribution in [0.3, 0.4) is 0 Å². The first-order valence-electron chi connectivity index (χ1n) is 5.04. The average Bonchev–Trinajstić information content (AvgIpc) is 2.84. The van der Waals surface area contributed by atoms with Gasteiger partial charge in [-0.05, 0) is 13.3 Å². The van der Waals surface area contributed by atoms with E-state index in [1.807, 2.05) is 6.92 Å². The second-order valence-electron chi connectivity index (χ2n) is 3.65. The van der Waals surface area contributed by atoms with E-state index in [0.717, 1.165) is 11.4 Å². The maximum atomic E-state index is 11.5. The van der Waals surface area contributed by atoms with Crippen LogP contribution in [-0.4, -0.2) is 29.5 Å². The molecule has 0 saturated carbocycles. The molecule has 1 amide bonds. The molecule has 0 bridgehead atoms. The lowest BCUT2D eigenvalue weighted by Gasteiger charge is -2.09. The van der Waals surface area contributed by atoms with Gasteiger partial charge in [0.15, 0.2) is 5.69 Å². The number of carbonyl (C=O) groups is 2. The van der Waals surface area contributed by atoms with Crippen LogP contribution >= 0.6 is 11.3 Å². The van der Waals surface area contributed by atoms with Gasteiger partial charge in [0.05, 0.1) is 11.0 Å². The molecule has 1 atom stereocenters. The van der Waals surface area contributed by atoms with E-state index in [-0.39, 0.29) is 18.6 Å². The summed E-state index contributed by atoms with van der Waals surface area (Å²) < 4.78 is 5.06. The molecule has 0 aromatic carbocycles. The molecule has 6 heteroatoms. The minimum atomic E-state index is -0.425. The third-order valence-corrected chi connectivity index (χ3v) is 3.10. The Balaban J connectivity index is 1.82. The number of carbonyl (C=O) groups excluding carboxylic acids is 2. The van der Waals surface area contributed by atoms with Gasteiger partial charge in [-0.2, -0.15) is 0 Å². The predicted molar refractivity (Wildman–Crippen MR) is 58.3 cm³/mol. The molecule has 1 saturated heterocycles. The van der Waals surface area contributed by atoms with E-state index in [0.29, 0.717) is 12.1 Å². The Morgan fingerprint density at radius 2 is 2.56 bits per heavy atom. The molecule has 1 aliphatic rings. The van der Waals surface area contributed by atoms with Gasteiger partial charge in [0, 0.05) is 11.8 Å². The molecule has 1 N–H and O–H groups in total. The Labute approximate surface area is 96.8 Å². The van der Waals surface area contributed by atoms with Crippen LogP contribution in [-0.2, 0) is 9.53 Å². The summed E-state index contributed by atoms with van der Waals surface area (Å²) in [5.41, 5.74) is 0.340. The van der Waals surface area contributed by atoms with Crippen LogP contribution in [0.2, 0.25) is 0 Å². The first-order chi connectivity index (χ1) is 7.65. The van der Waals surface area contributed by atoms with Gasteiger partial charge in [-0.1, -0.05) is 0 Å². The zero-order valence-corrected chi connectivity index (χ0v) is 9.67. The lowest BCUT2D eigenvalue weighted by molar-refractivity contribution is -0.119. The number of ether oxygens (including phenoxy) is 1. The van der Waals surface area contributed by atoms with Gasteiger partial charge >= 0.3 is 5.97 Å². The molecule has 1 aromatic heterocycles. The van der Waals surface area contributed by atoms with Gasteiger partial charge in [-0.15, -0.1) is 11.3 Å². The minimum absolute atomic E-state index is 0.0190. The van der Waals surface area contributed by atoms with Gasteiger partial charge in [0.1, 0.15) is 6.61 Å². The number of hydrogen-bond donors (Lipinski definition) is 1. The van der Waals surface area contributed by atoms with Gasteiger partial charge in [0.2, 0.25) is 5.91 Å². The van der Waals surface area contributed by atoms with E-state index in [4.69, 9.17) is 4.74 Å². The summed E-state index contributed by atoms with van der Waals surface area (Å²) >= 11 is 1.41. The number of nitrogens with zero attached hydrogens (tertiary/aromatic N) is 1. The van der Waals surface area contributed by atoms with Crippen molar-refractivity contribution in [3.63, 3.8) is 0 Å². The van der Waals surface area contributed by atoms with Gasteiger partial charge < -0.3 is 10.1 Å². The van der Waals surface area contributed by atoms with Crippen molar-refractivity contribution in [2.24, 2.45) is 0 Å². The highest BCUT2D eigenvalue weighted by Crippen LogP contribution is 2.11. The number of aryl methyl sites for hydroxylation is 1. The predicted octanol–water partition coefficient (Wildman–Crippen LogP) is 0.887. The van der Waals surface area contributed by atoms with Gasteiger partial charge in [-0.3, -0.25) is 4.79 Å². The van der Waals surface area contributed by atoms with Crippen molar-refractivity contribution in [2.75, 3.05) is 6.61 Å².